The maximum Gasteiger partial charge on any atom is 0.106 e. The molecule has 0 amide bonds. The van der Waals surface area contributed by atoms with E-state index in [2.05, 4.69) is 73.1 Å². The van der Waals surface area contributed by atoms with Gasteiger partial charge in [-0.2, -0.15) is 0 Å². The first-order valence-electron chi connectivity index (χ1n) is 8.48. The van der Waals surface area contributed by atoms with Gasteiger partial charge in [-0.15, -0.1) is 0 Å². The van der Waals surface area contributed by atoms with E-state index < -0.39 is 0 Å². The third-order valence-corrected chi connectivity index (χ3v) is 4.19. The molecule has 3 rings (SSSR count). The van der Waals surface area contributed by atoms with Gasteiger partial charge < -0.3 is 9.97 Å². The van der Waals surface area contributed by atoms with E-state index in [1.807, 2.05) is 6.20 Å². The van der Waals surface area contributed by atoms with Gasteiger partial charge in [-0.1, -0.05) is 45.9 Å². The monoisotopic (exact) mass is 309 g/mol. The average molecular weight is 309 g/mol. The Labute approximate surface area is 138 Å². The van der Waals surface area contributed by atoms with Crippen LogP contribution in [0.4, 0.5) is 0 Å². The SMILES string of the molecule is CC(Cc1ncc(CC(C)(C)C)[nH]1)Cc1c[nH]c2ccccc12. The van der Waals surface area contributed by atoms with Crippen LogP contribution in [0.1, 0.15) is 44.8 Å². The first kappa shape index (κ1) is 15.9. The summed E-state index contributed by atoms with van der Waals surface area (Å²) in [5.74, 6) is 1.67. The van der Waals surface area contributed by atoms with E-state index in [4.69, 9.17) is 0 Å². The number of para-hydroxylation sites is 1. The van der Waals surface area contributed by atoms with Crippen LogP contribution in [0.3, 0.4) is 0 Å². The maximum absolute atomic E-state index is 4.57. The second-order valence-electron chi connectivity index (χ2n) is 7.97. The first-order chi connectivity index (χ1) is 10.9. The van der Waals surface area contributed by atoms with E-state index in [1.165, 1.54) is 22.2 Å². The summed E-state index contributed by atoms with van der Waals surface area (Å²) in [4.78, 5) is 11.4. The molecular weight excluding hydrogens is 282 g/mol. The van der Waals surface area contributed by atoms with E-state index in [-0.39, 0.29) is 0 Å². The number of aromatic nitrogens is 3. The molecule has 0 aliphatic heterocycles. The molecule has 0 aliphatic carbocycles. The number of imidazole rings is 1. The minimum absolute atomic E-state index is 0.291. The van der Waals surface area contributed by atoms with Crippen molar-refractivity contribution in [3.63, 3.8) is 0 Å². The van der Waals surface area contributed by atoms with Crippen LogP contribution in [-0.4, -0.2) is 15.0 Å². The van der Waals surface area contributed by atoms with Gasteiger partial charge in [0.25, 0.3) is 0 Å². The van der Waals surface area contributed by atoms with Crippen LogP contribution in [0.5, 0.6) is 0 Å². The predicted molar refractivity (Wildman–Crippen MR) is 96.6 cm³/mol. The summed E-state index contributed by atoms with van der Waals surface area (Å²) in [6.07, 6.45) is 7.24. The number of fused-ring (bicyclic) bond motifs is 1. The molecular formula is C20H27N3. The zero-order valence-corrected chi connectivity index (χ0v) is 14.6. The number of H-pyrrole nitrogens is 2. The second-order valence-corrected chi connectivity index (χ2v) is 7.97. The highest BCUT2D eigenvalue weighted by Gasteiger charge is 2.15. The largest absolute Gasteiger partial charge is 0.361 e. The fourth-order valence-corrected chi connectivity index (χ4v) is 3.25. The summed E-state index contributed by atoms with van der Waals surface area (Å²) < 4.78 is 0. The maximum atomic E-state index is 4.57. The Balaban J connectivity index is 1.64. The van der Waals surface area contributed by atoms with E-state index in [1.54, 1.807) is 0 Å². The number of hydrogen-bond acceptors (Lipinski definition) is 1. The molecule has 2 aromatic heterocycles. The van der Waals surface area contributed by atoms with E-state index in [0.717, 1.165) is 25.1 Å². The summed E-state index contributed by atoms with van der Waals surface area (Å²) >= 11 is 0. The van der Waals surface area contributed by atoms with Crippen molar-refractivity contribution < 1.29 is 0 Å². The van der Waals surface area contributed by atoms with Crippen molar-refractivity contribution in [2.45, 2.75) is 47.0 Å². The Bertz CT molecular complexity index is 773. The fourth-order valence-electron chi connectivity index (χ4n) is 3.25. The number of hydrogen-bond donors (Lipinski definition) is 2. The lowest BCUT2D eigenvalue weighted by Gasteiger charge is -2.16. The van der Waals surface area contributed by atoms with E-state index in [0.29, 0.717) is 11.3 Å². The highest BCUT2D eigenvalue weighted by Crippen LogP contribution is 2.23. The van der Waals surface area contributed by atoms with Crippen LogP contribution < -0.4 is 0 Å². The molecule has 1 unspecified atom stereocenters. The van der Waals surface area contributed by atoms with Gasteiger partial charge in [-0.05, 0) is 35.8 Å². The molecule has 0 saturated heterocycles. The molecule has 1 atom stereocenters. The molecule has 3 nitrogen and oxygen atoms in total. The normalized spacial score (nSPS) is 13.6. The molecule has 1 aromatic carbocycles. The number of rotatable bonds is 5. The summed E-state index contributed by atoms with van der Waals surface area (Å²) in [6, 6.07) is 8.51. The van der Waals surface area contributed by atoms with Gasteiger partial charge in [0, 0.05) is 35.4 Å². The van der Waals surface area contributed by atoms with Crippen LogP contribution in [-0.2, 0) is 19.3 Å². The molecule has 23 heavy (non-hydrogen) atoms. The third kappa shape index (κ3) is 4.04. The highest BCUT2D eigenvalue weighted by atomic mass is 14.9. The van der Waals surface area contributed by atoms with Crippen molar-refractivity contribution in [2.24, 2.45) is 11.3 Å². The number of nitrogens with one attached hydrogen (secondary N) is 2. The van der Waals surface area contributed by atoms with Gasteiger partial charge in [0.1, 0.15) is 5.82 Å². The molecule has 2 N–H and O–H groups in total. The quantitative estimate of drug-likeness (QED) is 0.691. The van der Waals surface area contributed by atoms with Crippen molar-refractivity contribution in [3.8, 4) is 0 Å². The lowest BCUT2D eigenvalue weighted by Crippen LogP contribution is -2.09. The van der Waals surface area contributed by atoms with Crippen molar-refractivity contribution in [2.75, 3.05) is 0 Å². The van der Waals surface area contributed by atoms with Crippen LogP contribution >= 0.6 is 0 Å². The number of aromatic amines is 2. The van der Waals surface area contributed by atoms with Gasteiger partial charge >= 0.3 is 0 Å². The second kappa shape index (κ2) is 6.23. The first-order valence-corrected chi connectivity index (χ1v) is 8.48. The molecule has 3 aromatic rings. The van der Waals surface area contributed by atoms with Crippen LogP contribution in [0.25, 0.3) is 10.9 Å². The van der Waals surface area contributed by atoms with Crippen LogP contribution in [0.15, 0.2) is 36.7 Å². The lowest BCUT2D eigenvalue weighted by molar-refractivity contribution is 0.406. The average Bonchev–Trinajstić information content (AvgIpc) is 3.05. The summed E-state index contributed by atoms with van der Waals surface area (Å²) in [5, 5.41) is 1.34. The zero-order valence-electron chi connectivity index (χ0n) is 14.6. The van der Waals surface area contributed by atoms with E-state index in [9.17, 15) is 0 Å². The predicted octanol–water partition coefficient (Wildman–Crippen LogP) is 4.90. The van der Waals surface area contributed by atoms with Gasteiger partial charge in [-0.25, -0.2) is 4.98 Å². The molecule has 0 fully saturated rings. The van der Waals surface area contributed by atoms with Gasteiger partial charge in [0.15, 0.2) is 0 Å². The Morgan fingerprint density at radius 2 is 1.91 bits per heavy atom. The van der Waals surface area contributed by atoms with Crippen molar-refractivity contribution in [1.29, 1.82) is 0 Å². The van der Waals surface area contributed by atoms with E-state index >= 15 is 0 Å². The van der Waals surface area contributed by atoms with Gasteiger partial charge in [-0.3, -0.25) is 0 Å². The zero-order chi connectivity index (χ0) is 16.4. The van der Waals surface area contributed by atoms with Crippen molar-refractivity contribution >= 4 is 10.9 Å². The molecule has 0 aliphatic rings. The molecule has 0 spiro atoms. The molecule has 2 heterocycles. The van der Waals surface area contributed by atoms with Crippen LogP contribution in [0.2, 0.25) is 0 Å². The smallest absolute Gasteiger partial charge is 0.106 e. The minimum Gasteiger partial charge on any atom is -0.361 e. The Kier molecular flexibility index (Phi) is 4.29. The standard InChI is InChI=1S/C20H27N3/c1-14(9-15-12-21-18-8-6-5-7-17(15)18)10-19-22-13-16(23-19)11-20(2,3)4/h5-8,12-14,21H,9-11H2,1-4H3,(H,22,23). The molecule has 0 radical (unpaired) electrons. The number of nitrogens with zero attached hydrogens (tertiary/aromatic N) is 1. The van der Waals surface area contributed by atoms with Crippen LogP contribution in [0, 0.1) is 11.3 Å². The van der Waals surface area contributed by atoms with Gasteiger partial charge in [0.05, 0.1) is 0 Å². The van der Waals surface area contributed by atoms with Gasteiger partial charge in [0.2, 0.25) is 0 Å². The summed E-state index contributed by atoms with van der Waals surface area (Å²) in [6.45, 7) is 9.07. The summed E-state index contributed by atoms with van der Waals surface area (Å²) in [5.41, 5.74) is 4.15. The Morgan fingerprint density at radius 3 is 2.70 bits per heavy atom. The molecule has 3 heteroatoms. The topological polar surface area (TPSA) is 44.5 Å². The van der Waals surface area contributed by atoms with Crippen molar-refractivity contribution in [3.05, 3.63) is 53.7 Å². The number of benzene rings is 1. The molecule has 0 bridgehead atoms. The summed E-state index contributed by atoms with van der Waals surface area (Å²) in [7, 11) is 0. The molecule has 0 saturated carbocycles. The Morgan fingerprint density at radius 1 is 1.13 bits per heavy atom. The Hall–Kier alpha value is -2.03. The minimum atomic E-state index is 0.291. The molecule has 122 valence electrons. The van der Waals surface area contributed by atoms with Crippen molar-refractivity contribution in [1.82, 2.24) is 15.0 Å². The fraction of sp³-hybridized carbons (Fsp3) is 0.450. The lowest BCUT2D eigenvalue weighted by atomic mass is 9.91. The highest BCUT2D eigenvalue weighted by molar-refractivity contribution is 5.83. The third-order valence-electron chi connectivity index (χ3n) is 4.19.